The number of H-pyrrole nitrogens is 1. The van der Waals surface area contributed by atoms with E-state index < -0.39 is 0 Å². The summed E-state index contributed by atoms with van der Waals surface area (Å²) < 4.78 is 13.9. The number of hydrogen-bond acceptors (Lipinski definition) is 6. The van der Waals surface area contributed by atoms with Crippen LogP contribution < -0.4 is 5.32 Å². The van der Waals surface area contributed by atoms with Crippen molar-refractivity contribution in [3.63, 3.8) is 0 Å². The third kappa shape index (κ3) is 4.69. The fraction of sp³-hybridized carbons (Fsp3) is 0.100. The summed E-state index contributed by atoms with van der Waals surface area (Å²) in [4.78, 5) is 21.2. The summed E-state index contributed by atoms with van der Waals surface area (Å²) in [5.74, 6) is -0.0946. The second kappa shape index (κ2) is 8.97. The van der Waals surface area contributed by atoms with Crippen LogP contribution in [-0.2, 0) is 4.79 Å². The van der Waals surface area contributed by atoms with Crippen molar-refractivity contribution in [3.05, 3.63) is 82.6 Å². The number of nitrogens with one attached hydrogen (secondary N) is 2. The highest BCUT2D eigenvalue weighted by molar-refractivity contribution is 7.99. The fourth-order valence-corrected chi connectivity index (χ4v) is 4.05. The van der Waals surface area contributed by atoms with E-state index in [0.717, 1.165) is 10.6 Å². The van der Waals surface area contributed by atoms with E-state index in [-0.39, 0.29) is 23.5 Å². The highest BCUT2D eigenvalue weighted by Crippen LogP contribution is 2.25. The van der Waals surface area contributed by atoms with Crippen molar-refractivity contribution in [2.24, 2.45) is 0 Å². The van der Waals surface area contributed by atoms with Crippen LogP contribution in [0.25, 0.3) is 11.4 Å². The quantitative estimate of drug-likeness (QED) is 0.436. The molecule has 9 heteroatoms. The molecule has 2 aromatic heterocycles. The Morgan fingerprint density at radius 1 is 1.17 bits per heavy atom. The molecule has 1 amide bonds. The van der Waals surface area contributed by atoms with Gasteiger partial charge in [-0.05, 0) is 17.7 Å². The summed E-state index contributed by atoms with van der Waals surface area (Å²) in [6.07, 6.45) is 1.72. The normalized spacial score (nSPS) is 11.9. The second-order valence-electron chi connectivity index (χ2n) is 6.02. The Labute approximate surface area is 174 Å². The first-order chi connectivity index (χ1) is 14.2. The minimum atomic E-state index is -0.382. The molecule has 4 aromatic rings. The van der Waals surface area contributed by atoms with Gasteiger partial charge in [0.05, 0.1) is 11.3 Å². The standard InChI is InChI=1S/C20H16FN5OS2/c21-15-9-5-4-8-14(15)18-24-20(26-25-18)29-12-16(27)23-17(19-22-10-11-28-19)13-6-2-1-3-7-13/h1-11,17H,12H2,(H,23,27)(H,24,25,26). The molecule has 0 aliphatic heterocycles. The van der Waals surface area contributed by atoms with Gasteiger partial charge in [0.15, 0.2) is 5.82 Å². The molecule has 4 rings (SSSR count). The molecule has 1 unspecified atom stereocenters. The van der Waals surface area contributed by atoms with Gasteiger partial charge in [-0.3, -0.25) is 9.89 Å². The molecule has 2 N–H and O–H groups in total. The average molecular weight is 426 g/mol. The van der Waals surface area contributed by atoms with Crippen LogP contribution in [-0.4, -0.2) is 31.8 Å². The topological polar surface area (TPSA) is 83.6 Å². The second-order valence-corrected chi connectivity index (χ2v) is 7.89. The predicted molar refractivity (Wildman–Crippen MR) is 111 cm³/mol. The number of aromatic amines is 1. The van der Waals surface area contributed by atoms with Crippen LogP contribution in [0.5, 0.6) is 0 Å². The van der Waals surface area contributed by atoms with Gasteiger partial charge in [-0.25, -0.2) is 14.4 Å². The van der Waals surface area contributed by atoms with E-state index >= 15 is 0 Å². The SMILES string of the molecule is O=C(CSc1n[nH]c(-c2ccccc2F)n1)NC(c1ccccc1)c1nccs1. The molecule has 0 bridgehead atoms. The maximum absolute atomic E-state index is 13.9. The Kier molecular flexibility index (Phi) is 5.97. The lowest BCUT2D eigenvalue weighted by Crippen LogP contribution is -2.30. The van der Waals surface area contributed by atoms with E-state index in [0.29, 0.717) is 16.5 Å². The fourth-order valence-electron chi connectivity index (χ4n) is 2.73. The van der Waals surface area contributed by atoms with Gasteiger partial charge in [-0.15, -0.1) is 16.4 Å². The summed E-state index contributed by atoms with van der Waals surface area (Å²) in [7, 11) is 0. The largest absolute Gasteiger partial charge is 0.342 e. The minimum absolute atomic E-state index is 0.128. The summed E-state index contributed by atoms with van der Waals surface area (Å²) in [5, 5.41) is 12.9. The van der Waals surface area contributed by atoms with Crippen molar-refractivity contribution in [2.75, 3.05) is 5.75 Å². The molecule has 2 heterocycles. The number of halogens is 1. The minimum Gasteiger partial charge on any atom is -0.342 e. The number of aromatic nitrogens is 4. The number of rotatable bonds is 7. The van der Waals surface area contributed by atoms with Crippen molar-refractivity contribution < 1.29 is 9.18 Å². The van der Waals surface area contributed by atoms with Crippen molar-refractivity contribution in [2.45, 2.75) is 11.2 Å². The first-order valence-corrected chi connectivity index (χ1v) is 10.6. The Morgan fingerprint density at radius 2 is 1.97 bits per heavy atom. The molecule has 0 saturated carbocycles. The highest BCUT2D eigenvalue weighted by atomic mass is 32.2. The lowest BCUT2D eigenvalue weighted by molar-refractivity contribution is -0.119. The van der Waals surface area contributed by atoms with Gasteiger partial charge in [0.2, 0.25) is 11.1 Å². The number of nitrogens with zero attached hydrogens (tertiary/aromatic N) is 3. The van der Waals surface area contributed by atoms with Gasteiger partial charge in [0.1, 0.15) is 16.9 Å². The number of amides is 1. The summed E-state index contributed by atoms with van der Waals surface area (Å²) in [5.41, 5.74) is 1.30. The van der Waals surface area contributed by atoms with Gasteiger partial charge in [0.25, 0.3) is 0 Å². The summed E-state index contributed by atoms with van der Waals surface area (Å²) in [6, 6.07) is 15.7. The van der Waals surface area contributed by atoms with E-state index in [1.807, 2.05) is 35.7 Å². The van der Waals surface area contributed by atoms with E-state index in [1.165, 1.54) is 29.2 Å². The van der Waals surface area contributed by atoms with E-state index in [9.17, 15) is 9.18 Å². The average Bonchev–Trinajstić information content (AvgIpc) is 3.44. The smallest absolute Gasteiger partial charge is 0.231 e. The van der Waals surface area contributed by atoms with Crippen LogP contribution in [0.4, 0.5) is 4.39 Å². The van der Waals surface area contributed by atoms with Crippen LogP contribution >= 0.6 is 23.1 Å². The Balaban J connectivity index is 1.41. The Bertz CT molecular complexity index is 1090. The van der Waals surface area contributed by atoms with Gasteiger partial charge in [-0.2, -0.15) is 0 Å². The summed E-state index contributed by atoms with van der Waals surface area (Å²) in [6.45, 7) is 0. The number of carbonyl (C=O) groups is 1. The molecular weight excluding hydrogens is 409 g/mol. The van der Waals surface area contributed by atoms with Gasteiger partial charge >= 0.3 is 0 Å². The van der Waals surface area contributed by atoms with Crippen LogP contribution in [0.2, 0.25) is 0 Å². The first-order valence-electron chi connectivity index (χ1n) is 8.74. The molecule has 29 heavy (non-hydrogen) atoms. The van der Waals surface area contributed by atoms with Crippen LogP contribution in [0.1, 0.15) is 16.6 Å². The number of benzene rings is 2. The zero-order chi connectivity index (χ0) is 20.1. The lowest BCUT2D eigenvalue weighted by Gasteiger charge is -2.16. The van der Waals surface area contributed by atoms with Gasteiger partial charge < -0.3 is 5.32 Å². The molecule has 146 valence electrons. The highest BCUT2D eigenvalue weighted by Gasteiger charge is 2.19. The predicted octanol–water partition coefficient (Wildman–Crippen LogP) is 4.07. The first kappa shape index (κ1) is 19.3. The molecule has 0 aliphatic carbocycles. The monoisotopic (exact) mass is 425 g/mol. The number of thiazole rings is 1. The Morgan fingerprint density at radius 3 is 2.72 bits per heavy atom. The molecule has 0 saturated heterocycles. The zero-order valence-corrected chi connectivity index (χ0v) is 16.7. The van der Waals surface area contributed by atoms with Crippen LogP contribution in [0.3, 0.4) is 0 Å². The molecule has 0 radical (unpaired) electrons. The third-order valence-electron chi connectivity index (χ3n) is 4.06. The van der Waals surface area contributed by atoms with Crippen molar-refractivity contribution in [3.8, 4) is 11.4 Å². The molecule has 2 aromatic carbocycles. The van der Waals surface area contributed by atoms with Gasteiger partial charge in [0, 0.05) is 11.6 Å². The van der Waals surface area contributed by atoms with E-state index in [2.05, 4.69) is 25.5 Å². The lowest BCUT2D eigenvalue weighted by atomic mass is 10.1. The molecule has 6 nitrogen and oxygen atoms in total. The number of hydrogen-bond donors (Lipinski definition) is 2. The van der Waals surface area contributed by atoms with Crippen LogP contribution in [0, 0.1) is 5.82 Å². The number of carbonyl (C=O) groups excluding carboxylic acids is 1. The van der Waals surface area contributed by atoms with Crippen molar-refractivity contribution in [1.82, 2.24) is 25.5 Å². The van der Waals surface area contributed by atoms with Crippen molar-refractivity contribution >= 4 is 29.0 Å². The van der Waals surface area contributed by atoms with E-state index in [1.54, 1.807) is 24.4 Å². The van der Waals surface area contributed by atoms with Gasteiger partial charge in [-0.1, -0.05) is 54.2 Å². The molecule has 0 fully saturated rings. The molecule has 0 aliphatic rings. The Hall–Kier alpha value is -3.04. The molecular formula is C20H16FN5OS2. The molecule has 0 spiro atoms. The third-order valence-corrected chi connectivity index (χ3v) is 5.75. The zero-order valence-electron chi connectivity index (χ0n) is 15.1. The number of thioether (sulfide) groups is 1. The maximum Gasteiger partial charge on any atom is 0.231 e. The van der Waals surface area contributed by atoms with E-state index in [4.69, 9.17) is 0 Å². The molecule has 1 atom stereocenters. The van der Waals surface area contributed by atoms with Crippen LogP contribution in [0.15, 0.2) is 71.3 Å². The van der Waals surface area contributed by atoms with Crippen molar-refractivity contribution in [1.29, 1.82) is 0 Å². The maximum atomic E-state index is 13.9. The summed E-state index contributed by atoms with van der Waals surface area (Å²) >= 11 is 2.67.